The molecule has 0 saturated heterocycles. The quantitative estimate of drug-likeness (QED) is 0.132. The van der Waals surface area contributed by atoms with Crippen molar-refractivity contribution in [3.63, 3.8) is 0 Å². The lowest BCUT2D eigenvalue weighted by molar-refractivity contribution is 0.261. The monoisotopic (exact) mass is 567 g/mol. The van der Waals surface area contributed by atoms with Crippen molar-refractivity contribution in [3.8, 4) is 5.75 Å². The van der Waals surface area contributed by atoms with Gasteiger partial charge in [0.1, 0.15) is 12.4 Å². The molecule has 0 amide bonds. The van der Waals surface area contributed by atoms with Gasteiger partial charge in [0.05, 0.1) is 0 Å². The fourth-order valence-electron chi connectivity index (χ4n) is 4.50. The van der Waals surface area contributed by atoms with Crippen molar-refractivity contribution < 1.29 is 4.74 Å². The maximum absolute atomic E-state index is 5.98. The Morgan fingerprint density at radius 2 is 1.29 bits per heavy atom. The van der Waals surface area contributed by atoms with E-state index >= 15 is 0 Å². The molecule has 2 nitrogen and oxygen atoms in total. The Morgan fingerprint density at radius 1 is 0.794 bits per heavy atom. The molecule has 0 aliphatic carbocycles. The second-order valence-corrected chi connectivity index (χ2v) is 11.3. The van der Waals surface area contributed by atoms with Gasteiger partial charge >= 0.3 is 0 Å². The Bertz CT molecular complexity index is 1040. The minimum absolute atomic E-state index is 0.179. The van der Waals surface area contributed by atoms with E-state index in [1.807, 2.05) is 0 Å². The molecule has 0 radical (unpaired) electrons. The third-order valence-corrected chi connectivity index (χ3v) is 9.21. The van der Waals surface area contributed by atoms with Crippen LogP contribution < -0.4 is 4.74 Å². The first-order valence-electron chi connectivity index (χ1n) is 12.3. The van der Waals surface area contributed by atoms with Crippen LogP contribution >= 0.6 is 22.6 Å². The zero-order chi connectivity index (χ0) is 24.6. The highest BCUT2D eigenvalue weighted by atomic mass is 127. The molecule has 3 aromatic carbocycles. The molecule has 34 heavy (non-hydrogen) atoms. The van der Waals surface area contributed by atoms with Gasteiger partial charge in [0.15, 0.2) is 0 Å². The highest BCUT2D eigenvalue weighted by molar-refractivity contribution is 14.1. The summed E-state index contributed by atoms with van der Waals surface area (Å²) in [7, 11) is 4.13. The van der Waals surface area contributed by atoms with Gasteiger partial charge < -0.3 is 9.64 Å². The summed E-state index contributed by atoms with van der Waals surface area (Å²) in [5, 5.41) is 0. The van der Waals surface area contributed by atoms with E-state index in [4.69, 9.17) is 4.74 Å². The first kappa shape index (κ1) is 26.5. The highest BCUT2D eigenvalue weighted by Crippen LogP contribution is 2.47. The Balaban J connectivity index is 2.19. The Morgan fingerprint density at radius 3 is 1.79 bits per heavy atom. The second kappa shape index (κ2) is 12.6. The van der Waals surface area contributed by atoms with E-state index in [1.165, 1.54) is 27.8 Å². The van der Waals surface area contributed by atoms with Gasteiger partial charge in [-0.2, -0.15) is 0 Å². The summed E-state index contributed by atoms with van der Waals surface area (Å²) in [6.07, 6.45) is 2.25. The summed E-state index contributed by atoms with van der Waals surface area (Å²) >= 11 is 2.71. The fourth-order valence-corrected chi connectivity index (χ4v) is 4.81. The van der Waals surface area contributed by atoms with Gasteiger partial charge in [0.2, 0.25) is 0 Å². The topological polar surface area (TPSA) is 12.5 Å². The Labute approximate surface area is 220 Å². The van der Waals surface area contributed by atoms with E-state index in [2.05, 4.69) is 147 Å². The van der Waals surface area contributed by atoms with Crippen LogP contribution in [0.3, 0.4) is 0 Å². The van der Waals surface area contributed by atoms with Crippen LogP contribution in [0.15, 0.2) is 84.9 Å². The maximum atomic E-state index is 5.98. The molecule has 0 spiro atoms. The van der Waals surface area contributed by atoms with Crippen LogP contribution in [0.25, 0.3) is 11.1 Å². The normalized spacial score (nSPS) is 13.5. The van der Waals surface area contributed by atoms with Crippen molar-refractivity contribution in [2.24, 2.45) is 5.92 Å². The van der Waals surface area contributed by atoms with Crippen LogP contribution in [0.5, 0.6) is 5.75 Å². The standard InChI is InChI=1S/C31H38INO/c1-6-31(32,7-2)24(3)29(25-14-10-8-11-15-25)30(26-16-12-9-13-17-26)27-18-20-28(21-19-27)34-23-22-33(4)5/h8-21,24H,6-7,22-23H2,1-5H3/b30-29-. The van der Waals surface area contributed by atoms with E-state index in [-0.39, 0.29) is 3.42 Å². The SMILES string of the molecule is CCC(I)(CC)C(C)/C(=C(\c1ccccc1)c1ccc(OCCN(C)C)cc1)c1ccccc1. The number of hydrogen-bond donors (Lipinski definition) is 0. The molecular formula is C31H38INO. The number of hydrogen-bond acceptors (Lipinski definition) is 2. The number of halogens is 1. The number of allylic oxidation sites excluding steroid dienone is 1. The number of benzene rings is 3. The summed E-state index contributed by atoms with van der Waals surface area (Å²) in [4.78, 5) is 2.13. The minimum Gasteiger partial charge on any atom is -0.492 e. The third-order valence-electron chi connectivity index (χ3n) is 6.75. The van der Waals surface area contributed by atoms with Crippen molar-refractivity contribution >= 4 is 33.7 Å². The molecule has 180 valence electrons. The molecule has 0 aliphatic heterocycles. The average molecular weight is 568 g/mol. The van der Waals surface area contributed by atoms with Crippen molar-refractivity contribution in [1.82, 2.24) is 4.90 Å². The molecule has 0 aliphatic rings. The Kier molecular flexibility index (Phi) is 9.78. The molecule has 0 saturated carbocycles. The van der Waals surface area contributed by atoms with E-state index in [0.717, 1.165) is 25.1 Å². The lowest BCUT2D eigenvalue weighted by Gasteiger charge is -2.36. The van der Waals surface area contributed by atoms with E-state index in [1.54, 1.807) is 0 Å². The second-order valence-electron chi connectivity index (χ2n) is 9.16. The summed E-state index contributed by atoms with van der Waals surface area (Å²) in [6, 6.07) is 30.4. The number of rotatable bonds is 11. The van der Waals surface area contributed by atoms with Crippen molar-refractivity contribution in [1.29, 1.82) is 0 Å². The molecule has 0 heterocycles. The molecule has 0 fully saturated rings. The smallest absolute Gasteiger partial charge is 0.119 e. The van der Waals surface area contributed by atoms with E-state index in [0.29, 0.717) is 12.5 Å². The molecule has 3 rings (SSSR count). The first-order chi connectivity index (χ1) is 16.4. The predicted octanol–water partition coefficient (Wildman–Crippen LogP) is 8.22. The largest absolute Gasteiger partial charge is 0.492 e. The summed E-state index contributed by atoms with van der Waals surface area (Å²) in [6.45, 7) is 8.63. The van der Waals surface area contributed by atoms with Crippen molar-refractivity contribution in [2.45, 2.75) is 37.0 Å². The van der Waals surface area contributed by atoms with Gasteiger partial charge in [-0.25, -0.2) is 0 Å². The zero-order valence-corrected chi connectivity index (χ0v) is 23.4. The van der Waals surface area contributed by atoms with Gasteiger partial charge in [-0.3, -0.25) is 0 Å². The number of likely N-dealkylation sites (N-methyl/N-ethyl adjacent to an activating group) is 1. The fraction of sp³-hybridized carbons (Fsp3) is 0.355. The lowest BCUT2D eigenvalue weighted by Crippen LogP contribution is -2.29. The molecule has 1 atom stereocenters. The van der Waals surface area contributed by atoms with Crippen LogP contribution in [-0.4, -0.2) is 35.6 Å². The zero-order valence-electron chi connectivity index (χ0n) is 21.2. The van der Waals surface area contributed by atoms with Crippen molar-refractivity contribution in [2.75, 3.05) is 27.2 Å². The van der Waals surface area contributed by atoms with Gasteiger partial charge in [-0.1, -0.05) is 116 Å². The van der Waals surface area contributed by atoms with Crippen LogP contribution in [0.1, 0.15) is 50.3 Å². The Hall–Kier alpha value is -2.11. The van der Waals surface area contributed by atoms with Crippen LogP contribution in [0.2, 0.25) is 0 Å². The molecular weight excluding hydrogens is 529 g/mol. The average Bonchev–Trinajstić information content (AvgIpc) is 2.87. The number of ether oxygens (including phenoxy) is 1. The minimum atomic E-state index is 0.179. The molecule has 1 unspecified atom stereocenters. The first-order valence-corrected chi connectivity index (χ1v) is 13.4. The lowest BCUT2D eigenvalue weighted by atomic mass is 9.76. The predicted molar refractivity (Wildman–Crippen MR) is 156 cm³/mol. The van der Waals surface area contributed by atoms with Crippen molar-refractivity contribution in [3.05, 3.63) is 102 Å². The van der Waals surface area contributed by atoms with Crippen LogP contribution in [-0.2, 0) is 0 Å². The van der Waals surface area contributed by atoms with Gasteiger partial charge in [0, 0.05) is 9.97 Å². The van der Waals surface area contributed by atoms with E-state index < -0.39 is 0 Å². The summed E-state index contributed by atoms with van der Waals surface area (Å²) in [5.74, 6) is 1.29. The van der Waals surface area contributed by atoms with Gasteiger partial charge in [-0.15, -0.1) is 0 Å². The third kappa shape index (κ3) is 6.51. The molecule has 0 aromatic heterocycles. The van der Waals surface area contributed by atoms with Crippen LogP contribution in [0, 0.1) is 5.92 Å². The number of alkyl halides is 1. The molecule has 3 aromatic rings. The summed E-state index contributed by atoms with van der Waals surface area (Å²) < 4.78 is 6.16. The number of nitrogens with zero attached hydrogens (tertiary/aromatic N) is 1. The maximum Gasteiger partial charge on any atom is 0.119 e. The van der Waals surface area contributed by atoms with Gasteiger partial charge in [0.25, 0.3) is 0 Å². The van der Waals surface area contributed by atoms with Gasteiger partial charge in [-0.05, 0) is 72.8 Å². The van der Waals surface area contributed by atoms with E-state index in [9.17, 15) is 0 Å². The molecule has 0 N–H and O–H groups in total. The van der Waals surface area contributed by atoms with Crippen LogP contribution in [0.4, 0.5) is 0 Å². The highest BCUT2D eigenvalue weighted by Gasteiger charge is 2.34. The summed E-state index contributed by atoms with van der Waals surface area (Å²) in [5.41, 5.74) is 6.49. The molecule has 0 bridgehead atoms. The molecule has 3 heteroatoms.